The number of thiophene rings is 1. The molecule has 0 atom stereocenters. The molecule has 0 unspecified atom stereocenters. The first-order valence-corrected chi connectivity index (χ1v) is 5.17. The van der Waals surface area contributed by atoms with Gasteiger partial charge in [0.15, 0.2) is 5.78 Å². The lowest BCUT2D eigenvalue weighted by Gasteiger charge is -1.96. The average Bonchev–Trinajstić information content (AvgIpc) is 2.26. The van der Waals surface area contributed by atoms with Gasteiger partial charge in [0.05, 0.1) is 6.54 Å². The van der Waals surface area contributed by atoms with Gasteiger partial charge >= 0.3 is 0 Å². The van der Waals surface area contributed by atoms with Crippen molar-refractivity contribution in [2.45, 2.75) is 13.8 Å². The summed E-state index contributed by atoms with van der Waals surface area (Å²) in [6.07, 6.45) is 0. The van der Waals surface area contributed by atoms with Gasteiger partial charge in [0.2, 0.25) is 0 Å². The maximum Gasteiger partial charge on any atom is 0.178 e. The van der Waals surface area contributed by atoms with Crippen molar-refractivity contribution in [3.63, 3.8) is 0 Å². The van der Waals surface area contributed by atoms with Crippen molar-refractivity contribution in [1.29, 1.82) is 0 Å². The molecule has 0 aliphatic heterocycles. The zero-order chi connectivity index (χ0) is 9.30. The smallest absolute Gasteiger partial charge is 0.178 e. The molecule has 1 aromatic heterocycles. The SMILES string of the molecule is Cc1sc(C)c(C(=O)CN)c1Br. The van der Waals surface area contributed by atoms with Gasteiger partial charge in [-0.2, -0.15) is 0 Å². The molecule has 2 N–H and O–H groups in total. The van der Waals surface area contributed by atoms with Crippen molar-refractivity contribution >= 4 is 33.0 Å². The topological polar surface area (TPSA) is 43.1 Å². The monoisotopic (exact) mass is 247 g/mol. The summed E-state index contributed by atoms with van der Waals surface area (Å²) in [5.74, 6) is 0.00345. The summed E-state index contributed by atoms with van der Waals surface area (Å²) in [4.78, 5) is 13.5. The fraction of sp³-hybridized carbons (Fsp3) is 0.375. The minimum atomic E-state index is 0.00345. The summed E-state index contributed by atoms with van der Waals surface area (Å²) < 4.78 is 0.903. The predicted octanol–water partition coefficient (Wildman–Crippen LogP) is 2.27. The Labute approximate surface area is 83.9 Å². The van der Waals surface area contributed by atoms with Crippen LogP contribution in [-0.4, -0.2) is 12.3 Å². The Kier molecular flexibility index (Phi) is 3.04. The third-order valence-electron chi connectivity index (χ3n) is 1.65. The number of hydrogen-bond donors (Lipinski definition) is 1. The second-order valence-electron chi connectivity index (χ2n) is 2.53. The molecule has 0 bridgehead atoms. The van der Waals surface area contributed by atoms with Gasteiger partial charge in [-0.15, -0.1) is 11.3 Å². The van der Waals surface area contributed by atoms with E-state index < -0.39 is 0 Å². The molecule has 12 heavy (non-hydrogen) atoms. The van der Waals surface area contributed by atoms with Crippen LogP contribution in [-0.2, 0) is 0 Å². The number of carbonyl (C=O) groups is 1. The summed E-state index contributed by atoms with van der Waals surface area (Å²) >= 11 is 4.99. The number of rotatable bonds is 2. The molecule has 0 saturated heterocycles. The number of ketones is 1. The van der Waals surface area contributed by atoms with Gasteiger partial charge < -0.3 is 5.73 Å². The Balaban J connectivity index is 3.22. The number of Topliss-reactive ketones (excluding diaryl/α,β-unsaturated/α-hetero) is 1. The number of hydrogen-bond acceptors (Lipinski definition) is 3. The standard InChI is InChI=1S/C8H10BrNOS/c1-4-7(6(11)3-10)8(9)5(2)12-4/h3,10H2,1-2H3. The summed E-state index contributed by atoms with van der Waals surface area (Å²) in [5.41, 5.74) is 6.04. The van der Waals surface area contributed by atoms with Gasteiger partial charge in [-0.25, -0.2) is 0 Å². The molecule has 0 spiro atoms. The highest BCUT2D eigenvalue weighted by atomic mass is 79.9. The lowest BCUT2D eigenvalue weighted by Crippen LogP contribution is -2.14. The Hall–Kier alpha value is -0.190. The van der Waals surface area contributed by atoms with E-state index >= 15 is 0 Å². The zero-order valence-electron chi connectivity index (χ0n) is 6.98. The summed E-state index contributed by atoms with van der Waals surface area (Å²) in [5, 5.41) is 0. The zero-order valence-corrected chi connectivity index (χ0v) is 9.38. The van der Waals surface area contributed by atoms with Gasteiger partial charge in [-0.3, -0.25) is 4.79 Å². The molecular weight excluding hydrogens is 238 g/mol. The Bertz CT molecular complexity index is 319. The van der Waals surface area contributed by atoms with Gasteiger partial charge in [0.1, 0.15) is 0 Å². The van der Waals surface area contributed by atoms with E-state index in [4.69, 9.17) is 5.73 Å². The van der Waals surface area contributed by atoms with Crippen molar-refractivity contribution in [3.05, 3.63) is 19.8 Å². The van der Waals surface area contributed by atoms with Crippen LogP contribution in [0.4, 0.5) is 0 Å². The minimum absolute atomic E-state index is 0.00345. The van der Waals surface area contributed by atoms with Crippen LogP contribution < -0.4 is 5.73 Å². The van der Waals surface area contributed by atoms with Crippen molar-refractivity contribution in [2.24, 2.45) is 5.73 Å². The number of carbonyl (C=O) groups excluding carboxylic acids is 1. The molecule has 2 nitrogen and oxygen atoms in total. The van der Waals surface area contributed by atoms with E-state index in [1.165, 1.54) is 0 Å². The first-order chi connectivity index (χ1) is 5.57. The Morgan fingerprint density at radius 1 is 1.50 bits per heavy atom. The molecule has 0 aromatic carbocycles. The number of aryl methyl sites for hydroxylation is 2. The van der Waals surface area contributed by atoms with Crippen molar-refractivity contribution in [1.82, 2.24) is 0 Å². The predicted molar refractivity (Wildman–Crippen MR) is 54.9 cm³/mol. The molecule has 1 aromatic rings. The third kappa shape index (κ3) is 1.60. The highest BCUT2D eigenvalue weighted by Crippen LogP contribution is 2.31. The average molecular weight is 248 g/mol. The number of nitrogens with two attached hydrogens (primary N) is 1. The molecule has 4 heteroatoms. The van der Waals surface area contributed by atoms with Crippen LogP contribution in [0.1, 0.15) is 20.1 Å². The highest BCUT2D eigenvalue weighted by molar-refractivity contribution is 9.10. The summed E-state index contributed by atoms with van der Waals surface area (Å²) in [6.45, 7) is 4.00. The maximum absolute atomic E-state index is 11.3. The molecule has 0 amide bonds. The molecule has 0 fully saturated rings. The van der Waals surface area contributed by atoms with Crippen LogP contribution in [0.2, 0.25) is 0 Å². The van der Waals surface area contributed by atoms with Crippen LogP contribution in [0.5, 0.6) is 0 Å². The van der Waals surface area contributed by atoms with Crippen molar-refractivity contribution in [3.8, 4) is 0 Å². The molecule has 0 aliphatic rings. The first kappa shape index (κ1) is 9.89. The molecule has 0 radical (unpaired) electrons. The number of halogens is 1. The van der Waals surface area contributed by atoms with Crippen molar-refractivity contribution < 1.29 is 4.79 Å². The van der Waals surface area contributed by atoms with E-state index in [9.17, 15) is 4.79 Å². The molecule has 0 saturated carbocycles. The van der Waals surface area contributed by atoms with E-state index in [-0.39, 0.29) is 12.3 Å². The van der Waals surface area contributed by atoms with Gasteiger partial charge in [0, 0.05) is 19.8 Å². The quantitative estimate of drug-likeness (QED) is 0.816. The highest BCUT2D eigenvalue weighted by Gasteiger charge is 2.15. The van der Waals surface area contributed by atoms with Crippen LogP contribution in [0.3, 0.4) is 0 Å². The summed E-state index contributed by atoms with van der Waals surface area (Å²) in [6, 6.07) is 0. The maximum atomic E-state index is 11.3. The second-order valence-corrected chi connectivity index (χ2v) is 4.75. The van der Waals surface area contributed by atoms with E-state index in [0.717, 1.165) is 19.8 Å². The Morgan fingerprint density at radius 2 is 2.08 bits per heavy atom. The Morgan fingerprint density at radius 3 is 2.42 bits per heavy atom. The van der Waals surface area contributed by atoms with E-state index in [1.54, 1.807) is 11.3 Å². The van der Waals surface area contributed by atoms with E-state index in [2.05, 4.69) is 15.9 Å². The van der Waals surface area contributed by atoms with E-state index in [1.807, 2.05) is 13.8 Å². The first-order valence-electron chi connectivity index (χ1n) is 3.56. The lowest BCUT2D eigenvalue weighted by molar-refractivity contribution is 0.100. The van der Waals surface area contributed by atoms with Crippen LogP contribution in [0.25, 0.3) is 0 Å². The van der Waals surface area contributed by atoms with Crippen LogP contribution >= 0.6 is 27.3 Å². The normalized spacial score (nSPS) is 10.3. The molecule has 0 aliphatic carbocycles. The molecule has 1 rings (SSSR count). The van der Waals surface area contributed by atoms with Crippen LogP contribution in [0, 0.1) is 13.8 Å². The van der Waals surface area contributed by atoms with Crippen LogP contribution in [0.15, 0.2) is 4.47 Å². The lowest BCUT2D eigenvalue weighted by atomic mass is 10.1. The van der Waals surface area contributed by atoms with Gasteiger partial charge in [-0.05, 0) is 29.8 Å². The largest absolute Gasteiger partial charge is 0.324 e. The molecule has 1 heterocycles. The molecular formula is C8H10BrNOS. The fourth-order valence-corrected chi connectivity index (χ4v) is 2.94. The third-order valence-corrected chi connectivity index (χ3v) is 3.93. The minimum Gasteiger partial charge on any atom is -0.324 e. The fourth-order valence-electron chi connectivity index (χ4n) is 1.08. The van der Waals surface area contributed by atoms with E-state index in [0.29, 0.717) is 0 Å². The van der Waals surface area contributed by atoms with Crippen molar-refractivity contribution in [2.75, 3.05) is 6.54 Å². The van der Waals surface area contributed by atoms with Gasteiger partial charge in [-0.1, -0.05) is 0 Å². The molecule has 66 valence electrons. The van der Waals surface area contributed by atoms with Gasteiger partial charge in [0.25, 0.3) is 0 Å². The summed E-state index contributed by atoms with van der Waals surface area (Å²) in [7, 11) is 0. The second kappa shape index (κ2) is 3.68.